The Kier molecular flexibility index (Phi) is 5.69. The first-order valence-corrected chi connectivity index (χ1v) is 6.28. The fourth-order valence-corrected chi connectivity index (χ4v) is 2.31. The largest absolute Gasteiger partial charge is 0.353 e. The van der Waals surface area contributed by atoms with Crippen molar-refractivity contribution in [1.82, 2.24) is 10.6 Å². The second-order valence-electron chi connectivity index (χ2n) is 4.42. The molecule has 1 fully saturated rings. The first-order chi connectivity index (χ1) is 7.27. The van der Waals surface area contributed by atoms with Crippen molar-refractivity contribution in [3.8, 4) is 0 Å². The predicted molar refractivity (Wildman–Crippen MR) is 62.7 cm³/mol. The van der Waals surface area contributed by atoms with Gasteiger partial charge >= 0.3 is 0 Å². The molecule has 0 bridgehead atoms. The van der Waals surface area contributed by atoms with E-state index in [-0.39, 0.29) is 5.91 Å². The van der Waals surface area contributed by atoms with Crippen LogP contribution in [0.1, 0.15) is 46.0 Å². The molecule has 0 spiro atoms. The van der Waals surface area contributed by atoms with Crippen LogP contribution in [0.25, 0.3) is 0 Å². The standard InChI is InChI=1S/C12H24N2O/c1-3-5-12(15)14-11(4-2)10-6-8-13-9-7-10/h10-11,13H,3-9H2,1-2H3,(H,14,15). The molecule has 3 heteroatoms. The molecule has 1 aliphatic rings. The lowest BCUT2D eigenvalue weighted by molar-refractivity contribution is -0.122. The Hall–Kier alpha value is -0.570. The molecule has 0 aromatic carbocycles. The number of hydrogen-bond acceptors (Lipinski definition) is 2. The van der Waals surface area contributed by atoms with Crippen LogP contribution in [0.4, 0.5) is 0 Å². The molecule has 15 heavy (non-hydrogen) atoms. The zero-order chi connectivity index (χ0) is 11.1. The molecule has 1 saturated heterocycles. The van der Waals surface area contributed by atoms with Gasteiger partial charge in [0.05, 0.1) is 0 Å². The highest BCUT2D eigenvalue weighted by Gasteiger charge is 2.22. The number of amides is 1. The summed E-state index contributed by atoms with van der Waals surface area (Å²) in [5.41, 5.74) is 0. The van der Waals surface area contributed by atoms with E-state index in [0.29, 0.717) is 18.4 Å². The lowest BCUT2D eigenvalue weighted by atomic mass is 9.88. The van der Waals surface area contributed by atoms with Gasteiger partial charge in [-0.3, -0.25) is 4.79 Å². The summed E-state index contributed by atoms with van der Waals surface area (Å²) in [5, 5.41) is 6.53. The zero-order valence-corrected chi connectivity index (χ0v) is 10.0. The Morgan fingerprint density at radius 3 is 2.60 bits per heavy atom. The Bertz CT molecular complexity index is 188. The topological polar surface area (TPSA) is 41.1 Å². The monoisotopic (exact) mass is 212 g/mol. The van der Waals surface area contributed by atoms with Crippen molar-refractivity contribution in [2.75, 3.05) is 13.1 Å². The van der Waals surface area contributed by atoms with Gasteiger partial charge < -0.3 is 10.6 Å². The van der Waals surface area contributed by atoms with Crippen LogP contribution in [0.3, 0.4) is 0 Å². The summed E-state index contributed by atoms with van der Waals surface area (Å²) in [6.07, 6.45) is 5.06. The molecular weight excluding hydrogens is 188 g/mol. The van der Waals surface area contributed by atoms with E-state index in [9.17, 15) is 4.79 Å². The Labute approximate surface area is 93.0 Å². The highest BCUT2D eigenvalue weighted by atomic mass is 16.1. The third-order valence-electron chi connectivity index (χ3n) is 3.22. The molecule has 2 N–H and O–H groups in total. The van der Waals surface area contributed by atoms with Gasteiger partial charge in [0.15, 0.2) is 0 Å². The van der Waals surface area contributed by atoms with E-state index < -0.39 is 0 Å². The van der Waals surface area contributed by atoms with Gasteiger partial charge in [-0.2, -0.15) is 0 Å². The normalized spacial score (nSPS) is 19.9. The fraction of sp³-hybridized carbons (Fsp3) is 0.917. The van der Waals surface area contributed by atoms with E-state index >= 15 is 0 Å². The summed E-state index contributed by atoms with van der Waals surface area (Å²) in [6.45, 7) is 6.42. The van der Waals surface area contributed by atoms with Gasteiger partial charge in [-0.1, -0.05) is 13.8 Å². The molecule has 0 radical (unpaired) electrons. The number of rotatable bonds is 5. The molecule has 0 aromatic rings. The Morgan fingerprint density at radius 2 is 2.07 bits per heavy atom. The van der Waals surface area contributed by atoms with Gasteiger partial charge in [0.1, 0.15) is 0 Å². The van der Waals surface area contributed by atoms with Crippen LogP contribution in [0, 0.1) is 5.92 Å². The van der Waals surface area contributed by atoms with Crippen LogP contribution in [-0.2, 0) is 4.79 Å². The number of hydrogen-bond donors (Lipinski definition) is 2. The number of carbonyl (C=O) groups excluding carboxylic acids is 1. The lowest BCUT2D eigenvalue weighted by Crippen LogP contribution is -2.43. The van der Waals surface area contributed by atoms with E-state index in [1.807, 2.05) is 6.92 Å². The third-order valence-corrected chi connectivity index (χ3v) is 3.22. The van der Waals surface area contributed by atoms with Crippen molar-refractivity contribution in [2.45, 2.75) is 52.0 Å². The molecule has 0 aliphatic carbocycles. The summed E-state index contributed by atoms with van der Waals surface area (Å²) in [4.78, 5) is 11.5. The predicted octanol–water partition coefficient (Wildman–Crippen LogP) is 1.68. The van der Waals surface area contributed by atoms with Crippen LogP contribution >= 0.6 is 0 Å². The molecule has 0 saturated carbocycles. The molecule has 1 atom stereocenters. The van der Waals surface area contributed by atoms with Gasteiger partial charge in [-0.15, -0.1) is 0 Å². The van der Waals surface area contributed by atoms with Crippen LogP contribution in [0.15, 0.2) is 0 Å². The van der Waals surface area contributed by atoms with Gasteiger partial charge in [-0.05, 0) is 44.7 Å². The minimum atomic E-state index is 0.225. The highest BCUT2D eigenvalue weighted by Crippen LogP contribution is 2.18. The molecular formula is C12H24N2O. The maximum Gasteiger partial charge on any atom is 0.220 e. The van der Waals surface area contributed by atoms with E-state index in [2.05, 4.69) is 17.6 Å². The smallest absolute Gasteiger partial charge is 0.220 e. The minimum Gasteiger partial charge on any atom is -0.353 e. The molecule has 1 heterocycles. The number of nitrogens with one attached hydrogen (secondary N) is 2. The van der Waals surface area contributed by atoms with Crippen molar-refractivity contribution in [3.63, 3.8) is 0 Å². The summed E-state index contributed by atoms with van der Waals surface area (Å²) in [5.74, 6) is 0.903. The average molecular weight is 212 g/mol. The summed E-state index contributed by atoms with van der Waals surface area (Å²) >= 11 is 0. The molecule has 3 nitrogen and oxygen atoms in total. The van der Waals surface area contributed by atoms with Crippen molar-refractivity contribution < 1.29 is 4.79 Å². The van der Waals surface area contributed by atoms with Gasteiger partial charge in [-0.25, -0.2) is 0 Å². The lowest BCUT2D eigenvalue weighted by Gasteiger charge is -2.30. The number of carbonyl (C=O) groups is 1. The van der Waals surface area contributed by atoms with Crippen LogP contribution < -0.4 is 10.6 Å². The van der Waals surface area contributed by atoms with E-state index in [0.717, 1.165) is 25.9 Å². The van der Waals surface area contributed by atoms with Gasteiger partial charge in [0.2, 0.25) is 5.91 Å². The third kappa shape index (κ3) is 4.20. The maximum absolute atomic E-state index is 11.5. The second-order valence-corrected chi connectivity index (χ2v) is 4.42. The average Bonchev–Trinajstić information content (AvgIpc) is 2.27. The molecule has 88 valence electrons. The second kappa shape index (κ2) is 6.83. The molecule has 0 aromatic heterocycles. The van der Waals surface area contributed by atoms with Gasteiger partial charge in [0, 0.05) is 12.5 Å². The van der Waals surface area contributed by atoms with Crippen molar-refractivity contribution >= 4 is 5.91 Å². The van der Waals surface area contributed by atoms with E-state index in [4.69, 9.17) is 0 Å². The zero-order valence-electron chi connectivity index (χ0n) is 10.0. The van der Waals surface area contributed by atoms with Crippen LogP contribution in [0.5, 0.6) is 0 Å². The first kappa shape index (κ1) is 12.5. The molecule has 1 rings (SSSR count). The minimum absolute atomic E-state index is 0.225. The van der Waals surface area contributed by atoms with Crippen molar-refractivity contribution in [3.05, 3.63) is 0 Å². The molecule has 1 aliphatic heterocycles. The highest BCUT2D eigenvalue weighted by molar-refractivity contribution is 5.76. The van der Waals surface area contributed by atoms with E-state index in [1.165, 1.54) is 12.8 Å². The van der Waals surface area contributed by atoms with Crippen LogP contribution in [0.2, 0.25) is 0 Å². The Balaban J connectivity index is 2.36. The fourth-order valence-electron chi connectivity index (χ4n) is 2.31. The SMILES string of the molecule is CCCC(=O)NC(CC)C1CCNCC1. The van der Waals surface area contributed by atoms with Gasteiger partial charge in [0.25, 0.3) is 0 Å². The Morgan fingerprint density at radius 1 is 1.40 bits per heavy atom. The summed E-state index contributed by atoms with van der Waals surface area (Å²) < 4.78 is 0. The van der Waals surface area contributed by atoms with Crippen molar-refractivity contribution in [1.29, 1.82) is 0 Å². The number of piperidine rings is 1. The maximum atomic E-state index is 11.5. The summed E-state index contributed by atoms with van der Waals surface area (Å²) in [7, 11) is 0. The van der Waals surface area contributed by atoms with Crippen LogP contribution in [-0.4, -0.2) is 25.0 Å². The first-order valence-electron chi connectivity index (χ1n) is 6.28. The summed E-state index contributed by atoms with van der Waals surface area (Å²) in [6, 6.07) is 0.395. The quantitative estimate of drug-likeness (QED) is 0.728. The molecule has 1 unspecified atom stereocenters. The molecule has 1 amide bonds. The van der Waals surface area contributed by atoms with E-state index in [1.54, 1.807) is 0 Å². The van der Waals surface area contributed by atoms with Crippen molar-refractivity contribution in [2.24, 2.45) is 5.92 Å².